The minimum absolute atomic E-state index is 0.577. The molecule has 0 amide bonds. The second-order valence-corrected chi connectivity index (χ2v) is 5.84. The number of hydrogen-bond donors (Lipinski definition) is 1. The maximum Gasteiger partial charge on any atom is 0.00104 e. The molecule has 1 heteroatoms. The molecule has 1 aromatic rings. The van der Waals surface area contributed by atoms with Gasteiger partial charge in [0, 0.05) is 6.04 Å². The Morgan fingerprint density at radius 2 is 1.78 bits per heavy atom. The largest absolute Gasteiger partial charge is 0.314 e. The highest BCUT2D eigenvalue weighted by Gasteiger charge is 2.17. The molecule has 0 bridgehead atoms. The molecule has 0 aliphatic rings. The van der Waals surface area contributed by atoms with Gasteiger partial charge in [0.05, 0.1) is 0 Å². The van der Waals surface area contributed by atoms with Crippen LogP contribution in [-0.2, 0) is 6.42 Å². The van der Waals surface area contributed by atoms with Gasteiger partial charge in [-0.05, 0) is 42.9 Å². The van der Waals surface area contributed by atoms with E-state index in [0.29, 0.717) is 6.04 Å². The summed E-state index contributed by atoms with van der Waals surface area (Å²) in [6.07, 6.45) is 2.46. The summed E-state index contributed by atoms with van der Waals surface area (Å²) in [5.74, 6) is 1.51. The Balaban J connectivity index is 2.69. The third-order valence-electron chi connectivity index (χ3n) is 3.98. The Bertz CT molecular complexity index is 343. The lowest BCUT2D eigenvalue weighted by molar-refractivity contribution is 0.320. The molecule has 0 heterocycles. The van der Waals surface area contributed by atoms with Crippen LogP contribution < -0.4 is 5.32 Å². The molecule has 18 heavy (non-hydrogen) atoms. The van der Waals surface area contributed by atoms with Gasteiger partial charge in [-0.2, -0.15) is 0 Å². The quantitative estimate of drug-likeness (QED) is 0.761. The maximum absolute atomic E-state index is 3.60. The second-order valence-electron chi connectivity index (χ2n) is 5.84. The van der Waals surface area contributed by atoms with Crippen LogP contribution in [0.15, 0.2) is 24.3 Å². The van der Waals surface area contributed by atoms with Gasteiger partial charge < -0.3 is 5.32 Å². The fraction of sp³-hybridized carbons (Fsp3) is 0.647. The first-order valence-electron chi connectivity index (χ1n) is 7.32. The summed E-state index contributed by atoms with van der Waals surface area (Å²) in [5.41, 5.74) is 2.93. The van der Waals surface area contributed by atoms with Crippen molar-refractivity contribution < 1.29 is 0 Å². The van der Waals surface area contributed by atoms with E-state index in [2.05, 4.69) is 64.2 Å². The van der Waals surface area contributed by atoms with Crippen LogP contribution in [0, 0.1) is 18.8 Å². The normalized spacial score (nSPS) is 14.8. The lowest BCUT2D eigenvalue weighted by Crippen LogP contribution is -2.33. The van der Waals surface area contributed by atoms with E-state index in [1.807, 2.05) is 0 Å². The Morgan fingerprint density at radius 3 is 2.33 bits per heavy atom. The van der Waals surface area contributed by atoms with Crippen molar-refractivity contribution in [1.29, 1.82) is 0 Å². The molecule has 102 valence electrons. The smallest absolute Gasteiger partial charge is 0.00104 e. The van der Waals surface area contributed by atoms with Crippen LogP contribution in [0.5, 0.6) is 0 Å². The van der Waals surface area contributed by atoms with Crippen molar-refractivity contribution >= 4 is 0 Å². The third kappa shape index (κ3) is 4.81. The second kappa shape index (κ2) is 7.58. The highest BCUT2D eigenvalue weighted by Crippen LogP contribution is 2.21. The molecule has 0 fully saturated rings. The summed E-state index contributed by atoms with van der Waals surface area (Å²) in [5, 5.41) is 3.60. The Labute approximate surface area is 113 Å². The Morgan fingerprint density at radius 1 is 1.11 bits per heavy atom. The third-order valence-corrected chi connectivity index (χ3v) is 3.98. The van der Waals surface area contributed by atoms with Gasteiger partial charge in [0.2, 0.25) is 0 Å². The highest BCUT2D eigenvalue weighted by atomic mass is 14.9. The highest BCUT2D eigenvalue weighted by molar-refractivity contribution is 5.26. The maximum atomic E-state index is 3.60. The van der Waals surface area contributed by atoms with Crippen LogP contribution in [0.25, 0.3) is 0 Å². The molecule has 2 unspecified atom stereocenters. The lowest BCUT2D eigenvalue weighted by Gasteiger charge is -2.25. The standard InChI is InChI=1S/C17H29N/c1-6-14(4)17(12-18-13(2)3)11-16-10-8-7-9-15(16)5/h7-10,13-14,17-18H,6,11-12H2,1-5H3. The molecule has 1 aromatic carbocycles. The number of benzene rings is 1. The first-order chi connectivity index (χ1) is 8.54. The van der Waals surface area contributed by atoms with Crippen molar-refractivity contribution in [3.8, 4) is 0 Å². The number of aryl methyl sites for hydroxylation is 1. The Hall–Kier alpha value is -0.820. The van der Waals surface area contributed by atoms with Crippen molar-refractivity contribution in [2.45, 2.75) is 53.5 Å². The van der Waals surface area contributed by atoms with Crippen LogP contribution in [-0.4, -0.2) is 12.6 Å². The van der Waals surface area contributed by atoms with E-state index in [1.165, 1.54) is 24.0 Å². The molecule has 0 saturated carbocycles. The van der Waals surface area contributed by atoms with E-state index in [9.17, 15) is 0 Å². The van der Waals surface area contributed by atoms with Gasteiger partial charge in [-0.25, -0.2) is 0 Å². The van der Waals surface area contributed by atoms with Gasteiger partial charge >= 0.3 is 0 Å². The average molecular weight is 247 g/mol. The van der Waals surface area contributed by atoms with Crippen molar-refractivity contribution in [2.24, 2.45) is 11.8 Å². The molecule has 0 aliphatic heterocycles. The van der Waals surface area contributed by atoms with Gasteiger partial charge in [-0.1, -0.05) is 58.4 Å². The van der Waals surface area contributed by atoms with E-state index in [-0.39, 0.29) is 0 Å². The van der Waals surface area contributed by atoms with Crippen molar-refractivity contribution in [3.63, 3.8) is 0 Å². The molecule has 0 aromatic heterocycles. The zero-order chi connectivity index (χ0) is 13.5. The summed E-state index contributed by atoms with van der Waals surface area (Å²) in [7, 11) is 0. The van der Waals surface area contributed by atoms with Gasteiger partial charge in [-0.3, -0.25) is 0 Å². The first-order valence-corrected chi connectivity index (χ1v) is 7.32. The number of rotatable bonds is 7. The van der Waals surface area contributed by atoms with Crippen molar-refractivity contribution in [1.82, 2.24) is 5.32 Å². The fourth-order valence-electron chi connectivity index (χ4n) is 2.32. The first kappa shape index (κ1) is 15.2. The molecule has 0 saturated heterocycles. The number of nitrogens with one attached hydrogen (secondary N) is 1. The molecule has 0 radical (unpaired) electrons. The minimum Gasteiger partial charge on any atom is -0.314 e. The zero-order valence-electron chi connectivity index (χ0n) is 12.7. The molecule has 0 spiro atoms. The van der Waals surface area contributed by atoms with Crippen LogP contribution in [0.2, 0.25) is 0 Å². The van der Waals surface area contributed by atoms with E-state index >= 15 is 0 Å². The SMILES string of the molecule is CCC(C)C(CNC(C)C)Cc1ccccc1C. The van der Waals surface area contributed by atoms with Crippen LogP contribution in [0.3, 0.4) is 0 Å². The van der Waals surface area contributed by atoms with Gasteiger partial charge in [-0.15, -0.1) is 0 Å². The van der Waals surface area contributed by atoms with E-state index in [1.54, 1.807) is 0 Å². The lowest BCUT2D eigenvalue weighted by atomic mass is 9.85. The fourth-order valence-corrected chi connectivity index (χ4v) is 2.32. The predicted molar refractivity (Wildman–Crippen MR) is 81.0 cm³/mol. The van der Waals surface area contributed by atoms with Gasteiger partial charge in [0.1, 0.15) is 0 Å². The molecule has 1 nitrogen and oxygen atoms in total. The molecule has 2 atom stereocenters. The summed E-state index contributed by atoms with van der Waals surface area (Å²) in [6.45, 7) is 12.5. The van der Waals surface area contributed by atoms with Crippen LogP contribution in [0.1, 0.15) is 45.2 Å². The molecule has 1 N–H and O–H groups in total. The van der Waals surface area contributed by atoms with E-state index in [0.717, 1.165) is 18.4 Å². The Kier molecular flexibility index (Phi) is 6.42. The molecule has 1 rings (SSSR count). The monoisotopic (exact) mass is 247 g/mol. The van der Waals surface area contributed by atoms with Gasteiger partial charge in [0.15, 0.2) is 0 Å². The molecular weight excluding hydrogens is 218 g/mol. The molecular formula is C17H29N. The van der Waals surface area contributed by atoms with Crippen LogP contribution in [0.4, 0.5) is 0 Å². The van der Waals surface area contributed by atoms with Gasteiger partial charge in [0.25, 0.3) is 0 Å². The van der Waals surface area contributed by atoms with Crippen LogP contribution >= 0.6 is 0 Å². The summed E-state index contributed by atoms with van der Waals surface area (Å²) in [6, 6.07) is 9.36. The van der Waals surface area contributed by atoms with E-state index < -0.39 is 0 Å². The minimum atomic E-state index is 0.577. The summed E-state index contributed by atoms with van der Waals surface area (Å²) in [4.78, 5) is 0. The average Bonchev–Trinajstić information content (AvgIpc) is 2.35. The van der Waals surface area contributed by atoms with Crippen molar-refractivity contribution in [2.75, 3.05) is 6.54 Å². The van der Waals surface area contributed by atoms with Crippen molar-refractivity contribution in [3.05, 3.63) is 35.4 Å². The number of hydrogen-bond acceptors (Lipinski definition) is 1. The zero-order valence-corrected chi connectivity index (χ0v) is 12.7. The molecule has 0 aliphatic carbocycles. The summed E-state index contributed by atoms with van der Waals surface area (Å²) < 4.78 is 0. The summed E-state index contributed by atoms with van der Waals surface area (Å²) >= 11 is 0. The van der Waals surface area contributed by atoms with E-state index in [4.69, 9.17) is 0 Å². The predicted octanol–water partition coefficient (Wildman–Crippen LogP) is 4.20. The topological polar surface area (TPSA) is 12.0 Å².